The summed E-state index contributed by atoms with van der Waals surface area (Å²) in [4.78, 5) is 0. The molecule has 0 heterocycles. The van der Waals surface area contributed by atoms with Gasteiger partial charge >= 0.3 is 0 Å². The highest BCUT2D eigenvalue weighted by Gasteiger charge is 2.15. The first-order chi connectivity index (χ1) is 10.0. The molecule has 1 N–H and O–H groups in total. The summed E-state index contributed by atoms with van der Waals surface area (Å²) in [6.07, 6.45) is 1.08. The normalized spacial score (nSPS) is 12.3. The number of hydrogen-bond donors (Lipinski definition) is 1. The monoisotopic (exact) mass is 295 g/mol. The van der Waals surface area contributed by atoms with E-state index < -0.39 is 0 Å². The Bertz CT molecular complexity index is 407. The fraction of sp³-hybridized carbons (Fsp3) is 0.647. The number of nitrogens with one attached hydrogen (secondary N) is 1. The predicted molar refractivity (Wildman–Crippen MR) is 86.5 cm³/mol. The van der Waals surface area contributed by atoms with Crippen LogP contribution in [0, 0.1) is 5.92 Å². The third-order valence-corrected chi connectivity index (χ3v) is 3.44. The molecule has 21 heavy (non-hydrogen) atoms. The van der Waals surface area contributed by atoms with Crippen molar-refractivity contribution in [2.75, 3.05) is 20.8 Å². The largest absolute Gasteiger partial charge is 0.493 e. The lowest BCUT2D eigenvalue weighted by Crippen LogP contribution is -2.21. The van der Waals surface area contributed by atoms with Crippen molar-refractivity contribution in [1.82, 2.24) is 5.32 Å². The molecule has 0 amide bonds. The van der Waals surface area contributed by atoms with Gasteiger partial charge in [-0.25, -0.2) is 0 Å². The molecule has 0 radical (unpaired) electrons. The molecule has 1 unspecified atom stereocenters. The first-order valence-corrected chi connectivity index (χ1v) is 7.62. The van der Waals surface area contributed by atoms with E-state index in [0.29, 0.717) is 24.3 Å². The highest BCUT2D eigenvalue weighted by molar-refractivity contribution is 5.53. The van der Waals surface area contributed by atoms with Crippen LogP contribution in [0.4, 0.5) is 0 Å². The fourth-order valence-corrected chi connectivity index (χ4v) is 1.84. The van der Waals surface area contributed by atoms with E-state index in [0.717, 1.165) is 30.0 Å². The number of rotatable bonds is 9. The molecule has 1 aromatic rings. The lowest BCUT2D eigenvalue weighted by atomic mass is 10.1. The van der Waals surface area contributed by atoms with Gasteiger partial charge in [-0.2, -0.15) is 0 Å². The topological polar surface area (TPSA) is 39.7 Å². The Morgan fingerprint density at radius 1 is 1.05 bits per heavy atom. The lowest BCUT2D eigenvalue weighted by molar-refractivity contribution is 0.232. The first kappa shape index (κ1) is 17.6. The maximum atomic E-state index is 5.91. The summed E-state index contributed by atoms with van der Waals surface area (Å²) >= 11 is 0. The molecule has 4 nitrogen and oxygen atoms in total. The maximum Gasteiger partial charge on any atom is 0.203 e. The van der Waals surface area contributed by atoms with Crippen molar-refractivity contribution in [3.8, 4) is 17.2 Å². The Hall–Kier alpha value is -1.42. The average molecular weight is 295 g/mol. The van der Waals surface area contributed by atoms with Gasteiger partial charge in [0.1, 0.15) is 0 Å². The molecule has 0 aliphatic rings. The first-order valence-electron chi connectivity index (χ1n) is 7.62. The number of methoxy groups -OCH3 is 2. The van der Waals surface area contributed by atoms with Crippen molar-refractivity contribution in [2.24, 2.45) is 5.92 Å². The minimum atomic E-state index is 0.434. The molecule has 1 rings (SSSR count). The molecule has 0 aromatic heterocycles. The second-order valence-electron chi connectivity index (χ2n) is 5.69. The summed E-state index contributed by atoms with van der Waals surface area (Å²) in [5.74, 6) is 2.63. The molecule has 0 aliphatic heterocycles. The van der Waals surface area contributed by atoms with Crippen molar-refractivity contribution in [3.63, 3.8) is 0 Å². The molecular formula is C17H29NO3. The molecule has 0 saturated heterocycles. The average Bonchev–Trinajstić information content (AvgIpc) is 2.49. The molecule has 0 saturated carbocycles. The van der Waals surface area contributed by atoms with Gasteiger partial charge in [-0.05, 0) is 23.6 Å². The van der Waals surface area contributed by atoms with Crippen molar-refractivity contribution >= 4 is 0 Å². The minimum Gasteiger partial charge on any atom is -0.493 e. The molecule has 0 bridgehead atoms. The summed E-state index contributed by atoms with van der Waals surface area (Å²) in [7, 11) is 3.31. The van der Waals surface area contributed by atoms with E-state index in [9.17, 15) is 0 Å². The Labute approximate surface area is 128 Å². The van der Waals surface area contributed by atoms with E-state index in [-0.39, 0.29) is 0 Å². The van der Waals surface area contributed by atoms with Gasteiger partial charge < -0.3 is 19.5 Å². The van der Waals surface area contributed by atoms with Gasteiger partial charge in [-0.3, -0.25) is 0 Å². The SMILES string of the molecule is CCC(C)COc1c(OC)cc(CNC(C)C)cc1OC. The quantitative estimate of drug-likeness (QED) is 0.755. The molecule has 4 heteroatoms. The van der Waals surface area contributed by atoms with Gasteiger partial charge in [0.15, 0.2) is 11.5 Å². The highest BCUT2D eigenvalue weighted by atomic mass is 16.5. The van der Waals surface area contributed by atoms with E-state index in [2.05, 4.69) is 33.0 Å². The van der Waals surface area contributed by atoms with Crippen LogP contribution in [0.2, 0.25) is 0 Å². The van der Waals surface area contributed by atoms with Crippen LogP contribution >= 0.6 is 0 Å². The standard InChI is InChI=1S/C17H29NO3/c1-7-13(4)11-21-17-15(19-5)8-14(9-16(17)20-6)10-18-12(2)3/h8-9,12-13,18H,7,10-11H2,1-6H3. The molecular weight excluding hydrogens is 266 g/mol. The third kappa shape index (κ3) is 5.46. The van der Waals surface area contributed by atoms with Crippen LogP contribution < -0.4 is 19.5 Å². The van der Waals surface area contributed by atoms with Crippen LogP contribution in [-0.4, -0.2) is 26.9 Å². The summed E-state index contributed by atoms with van der Waals surface area (Å²) < 4.78 is 16.8. The number of ether oxygens (including phenoxy) is 3. The Morgan fingerprint density at radius 3 is 2.05 bits per heavy atom. The smallest absolute Gasteiger partial charge is 0.203 e. The van der Waals surface area contributed by atoms with Crippen molar-refractivity contribution < 1.29 is 14.2 Å². The van der Waals surface area contributed by atoms with Crippen LogP contribution in [0.15, 0.2) is 12.1 Å². The Balaban J connectivity index is 2.95. The summed E-state index contributed by atoms with van der Waals surface area (Å²) in [5.41, 5.74) is 1.12. The van der Waals surface area contributed by atoms with Crippen LogP contribution in [-0.2, 0) is 6.54 Å². The van der Waals surface area contributed by atoms with Gasteiger partial charge in [0.05, 0.1) is 20.8 Å². The van der Waals surface area contributed by atoms with Crippen LogP contribution in [0.1, 0.15) is 39.7 Å². The molecule has 1 atom stereocenters. The fourth-order valence-electron chi connectivity index (χ4n) is 1.84. The number of benzene rings is 1. The lowest BCUT2D eigenvalue weighted by Gasteiger charge is -2.18. The van der Waals surface area contributed by atoms with Crippen LogP contribution in [0.5, 0.6) is 17.2 Å². The number of hydrogen-bond acceptors (Lipinski definition) is 4. The van der Waals surface area contributed by atoms with E-state index >= 15 is 0 Å². The molecule has 0 fully saturated rings. The van der Waals surface area contributed by atoms with Gasteiger partial charge in [-0.1, -0.05) is 34.1 Å². The zero-order valence-electron chi connectivity index (χ0n) is 14.2. The second kappa shape index (κ2) is 8.78. The summed E-state index contributed by atoms with van der Waals surface area (Å²) in [6.45, 7) is 10.0. The molecule has 0 spiro atoms. The van der Waals surface area contributed by atoms with E-state index in [1.54, 1.807) is 14.2 Å². The van der Waals surface area contributed by atoms with E-state index in [1.807, 2.05) is 12.1 Å². The third-order valence-electron chi connectivity index (χ3n) is 3.44. The van der Waals surface area contributed by atoms with Gasteiger partial charge in [0.2, 0.25) is 5.75 Å². The summed E-state index contributed by atoms with van der Waals surface area (Å²) in [6, 6.07) is 4.44. The van der Waals surface area contributed by atoms with Gasteiger partial charge in [0, 0.05) is 12.6 Å². The van der Waals surface area contributed by atoms with Crippen LogP contribution in [0.25, 0.3) is 0 Å². The van der Waals surface area contributed by atoms with Gasteiger partial charge in [-0.15, -0.1) is 0 Å². The second-order valence-corrected chi connectivity index (χ2v) is 5.69. The van der Waals surface area contributed by atoms with Crippen molar-refractivity contribution in [2.45, 2.75) is 46.7 Å². The van der Waals surface area contributed by atoms with Crippen LogP contribution in [0.3, 0.4) is 0 Å². The van der Waals surface area contributed by atoms with Gasteiger partial charge in [0.25, 0.3) is 0 Å². The maximum absolute atomic E-state index is 5.91. The zero-order chi connectivity index (χ0) is 15.8. The highest BCUT2D eigenvalue weighted by Crippen LogP contribution is 2.38. The van der Waals surface area contributed by atoms with E-state index in [1.165, 1.54) is 0 Å². The Morgan fingerprint density at radius 2 is 1.62 bits per heavy atom. The Kier molecular flexibility index (Phi) is 7.37. The minimum absolute atomic E-state index is 0.434. The predicted octanol–water partition coefficient (Wildman–Crippen LogP) is 3.63. The molecule has 120 valence electrons. The zero-order valence-corrected chi connectivity index (χ0v) is 14.2. The van der Waals surface area contributed by atoms with E-state index in [4.69, 9.17) is 14.2 Å². The van der Waals surface area contributed by atoms with Crippen molar-refractivity contribution in [1.29, 1.82) is 0 Å². The van der Waals surface area contributed by atoms with Crippen molar-refractivity contribution in [3.05, 3.63) is 17.7 Å². The molecule has 1 aromatic carbocycles. The summed E-state index contributed by atoms with van der Waals surface area (Å²) in [5, 5.41) is 3.39. The molecule has 0 aliphatic carbocycles.